The summed E-state index contributed by atoms with van der Waals surface area (Å²) in [6, 6.07) is 0. The van der Waals surface area contributed by atoms with Gasteiger partial charge in [-0.3, -0.25) is 0 Å². The fraction of sp³-hybridized carbons (Fsp3) is 0.875. The number of rotatable bonds is 5. The van der Waals surface area contributed by atoms with E-state index in [2.05, 4.69) is 67.3 Å². The second kappa shape index (κ2) is 5.98. The normalized spacial score (nSPS) is 22.7. The van der Waals surface area contributed by atoms with Gasteiger partial charge in [0.05, 0.1) is 19.3 Å². The van der Waals surface area contributed by atoms with E-state index in [0.29, 0.717) is 5.92 Å². The van der Waals surface area contributed by atoms with Crippen LogP contribution in [0.25, 0.3) is 0 Å². The third kappa shape index (κ3) is 4.47. The second-order valence-electron chi connectivity index (χ2n) is 8.50. The molecule has 0 spiro atoms. The molecule has 0 aromatic heterocycles. The molecule has 1 saturated heterocycles. The molecule has 2 nitrogen and oxygen atoms in total. The maximum absolute atomic E-state index is 6.08. The second-order valence-corrected chi connectivity index (χ2v) is 13.6. The zero-order valence-electron chi connectivity index (χ0n) is 15.0. The fourth-order valence-corrected chi connectivity index (χ4v) is 4.19. The van der Waals surface area contributed by atoms with Gasteiger partial charge >= 0.3 is 7.12 Å². The molecule has 0 unspecified atom stereocenters. The molecule has 0 N–H and O–H groups in total. The molecular formula is C16H33BO2Si. The lowest BCUT2D eigenvalue weighted by atomic mass is 9.84. The van der Waals surface area contributed by atoms with Crippen molar-refractivity contribution in [3.8, 4) is 0 Å². The summed E-state index contributed by atoms with van der Waals surface area (Å²) in [5, 5.41) is 1.64. The molecule has 0 aliphatic carbocycles. The zero-order chi connectivity index (χ0) is 15.8. The summed E-state index contributed by atoms with van der Waals surface area (Å²) >= 11 is 0. The van der Waals surface area contributed by atoms with Crippen LogP contribution in [0.1, 0.15) is 48.0 Å². The standard InChI is InChI=1S/C16H33BO2Si/c1-13(2)12-14(20(7,8)9)10-11-17-18-15(3,4)16(5,6)19-17/h10,13H,11-12H2,1-9H3/b14-10-. The van der Waals surface area contributed by atoms with Crippen molar-refractivity contribution >= 4 is 15.2 Å². The van der Waals surface area contributed by atoms with E-state index in [1.165, 1.54) is 6.42 Å². The van der Waals surface area contributed by atoms with Crippen LogP contribution in [-0.2, 0) is 9.31 Å². The van der Waals surface area contributed by atoms with Gasteiger partial charge in [-0.05, 0) is 40.0 Å². The molecule has 116 valence electrons. The van der Waals surface area contributed by atoms with E-state index in [1.807, 2.05) is 0 Å². The van der Waals surface area contributed by atoms with Gasteiger partial charge in [-0.15, -0.1) is 0 Å². The maximum atomic E-state index is 6.08. The van der Waals surface area contributed by atoms with Gasteiger partial charge in [0.25, 0.3) is 0 Å². The van der Waals surface area contributed by atoms with Crippen molar-refractivity contribution < 1.29 is 9.31 Å². The first kappa shape index (κ1) is 18.0. The minimum atomic E-state index is -1.24. The molecule has 1 aliphatic rings. The first-order valence-corrected chi connectivity index (χ1v) is 11.4. The van der Waals surface area contributed by atoms with Crippen LogP contribution in [0.5, 0.6) is 0 Å². The van der Waals surface area contributed by atoms with Crippen LogP contribution >= 0.6 is 0 Å². The van der Waals surface area contributed by atoms with Gasteiger partial charge < -0.3 is 9.31 Å². The first-order valence-electron chi connectivity index (χ1n) is 7.90. The highest BCUT2D eigenvalue weighted by molar-refractivity contribution is 6.83. The molecule has 0 saturated carbocycles. The van der Waals surface area contributed by atoms with Crippen molar-refractivity contribution in [3.05, 3.63) is 11.3 Å². The zero-order valence-corrected chi connectivity index (χ0v) is 16.0. The predicted molar refractivity (Wildman–Crippen MR) is 91.8 cm³/mol. The lowest BCUT2D eigenvalue weighted by Gasteiger charge is -2.32. The Bertz CT molecular complexity index is 351. The number of hydrogen-bond donors (Lipinski definition) is 0. The minimum Gasteiger partial charge on any atom is -0.403 e. The van der Waals surface area contributed by atoms with Crippen molar-refractivity contribution in [2.45, 2.75) is 85.1 Å². The summed E-state index contributed by atoms with van der Waals surface area (Å²) in [5.74, 6) is 0.714. The Hall–Kier alpha value is -0.0582. The average molecular weight is 296 g/mol. The molecular weight excluding hydrogens is 263 g/mol. The fourth-order valence-electron chi connectivity index (χ4n) is 2.44. The quantitative estimate of drug-likeness (QED) is 0.670. The molecule has 1 rings (SSSR count). The van der Waals surface area contributed by atoms with Crippen LogP contribution in [0.4, 0.5) is 0 Å². The van der Waals surface area contributed by atoms with E-state index in [0.717, 1.165) is 6.32 Å². The summed E-state index contributed by atoms with van der Waals surface area (Å²) in [6.07, 6.45) is 4.47. The molecule has 4 heteroatoms. The monoisotopic (exact) mass is 296 g/mol. The van der Waals surface area contributed by atoms with Crippen molar-refractivity contribution in [1.82, 2.24) is 0 Å². The highest BCUT2D eigenvalue weighted by Crippen LogP contribution is 2.38. The molecule has 1 aliphatic heterocycles. The lowest BCUT2D eigenvalue weighted by Crippen LogP contribution is -2.41. The Kier molecular flexibility index (Phi) is 5.38. The molecule has 1 fully saturated rings. The van der Waals surface area contributed by atoms with Crippen molar-refractivity contribution in [3.63, 3.8) is 0 Å². The molecule has 0 aromatic carbocycles. The topological polar surface area (TPSA) is 18.5 Å². The smallest absolute Gasteiger partial charge is 0.403 e. The van der Waals surface area contributed by atoms with Crippen LogP contribution < -0.4 is 0 Å². The Morgan fingerprint density at radius 3 is 1.85 bits per heavy atom. The van der Waals surface area contributed by atoms with Crippen molar-refractivity contribution in [2.75, 3.05) is 0 Å². The summed E-state index contributed by atoms with van der Waals surface area (Å²) in [5.41, 5.74) is -0.439. The van der Waals surface area contributed by atoms with Crippen LogP contribution in [0.3, 0.4) is 0 Å². The van der Waals surface area contributed by atoms with Gasteiger partial charge in [-0.2, -0.15) is 0 Å². The van der Waals surface area contributed by atoms with E-state index in [1.54, 1.807) is 5.20 Å². The molecule has 0 radical (unpaired) electrons. The summed E-state index contributed by atoms with van der Waals surface area (Å²) in [7, 11) is -1.34. The average Bonchev–Trinajstić information content (AvgIpc) is 2.40. The van der Waals surface area contributed by atoms with Crippen molar-refractivity contribution in [1.29, 1.82) is 0 Å². The molecule has 0 atom stereocenters. The van der Waals surface area contributed by atoms with Crippen LogP contribution in [0, 0.1) is 5.92 Å². The number of hydrogen-bond acceptors (Lipinski definition) is 2. The van der Waals surface area contributed by atoms with E-state index >= 15 is 0 Å². The lowest BCUT2D eigenvalue weighted by molar-refractivity contribution is 0.00578. The predicted octanol–water partition coefficient (Wildman–Crippen LogP) is 4.93. The van der Waals surface area contributed by atoms with E-state index in [4.69, 9.17) is 9.31 Å². The van der Waals surface area contributed by atoms with Gasteiger partial charge in [0.1, 0.15) is 0 Å². The molecule has 20 heavy (non-hydrogen) atoms. The van der Waals surface area contributed by atoms with Crippen molar-refractivity contribution in [2.24, 2.45) is 5.92 Å². The number of allylic oxidation sites excluding steroid dienone is 2. The Morgan fingerprint density at radius 2 is 1.50 bits per heavy atom. The van der Waals surface area contributed by atoms with Gasteiger partial charge in [0.2, 0.25) is 0 Å². The maximum Gasteiger partial charge on any atom is 0.461 e. The molecule has 0 aromatic rings. The van der Waals surface area contributed by atoms with Gasteiger partial charge in [-0.25, -0.2) is 0 Å². The molecule has 1 heterocycles. The molecule has 0 amide bonds. The van der Waals surface area contributed by atoms with Crippen LogP contribution in [0.15, 0.2) is 11.3 Å². The third-order valence-corrected chi connectivity index (χ3v) is 6.79. The van der Waals surface area contributed by atoms with E-state index in [-0.39, 0.29) is 18.3 Å². The van der Waals surface area contributed by atoms with E-state index in [9.17, 15) is 0 Å². The van der Waals surface area contributed by atoms with Gasteiger partial charge in [0, 0.05) is 6.32 Å². The SMILES string of the molecule is CC(C)C/C(=C/CB1OC(C)(C)C(C)(C)O1)[Si](C)(C)C. The van der Waals surface area contributed by atoms with Gasteiger partial charge in [0.15, 0.2) is 0 Å². The first-order chi connectivity index (χ1) is 8.85. The van der Waals surface area contributed by atoms with Crippen LogP contribution in [-0.4, -0.2) is 26.4 Å². The summed E-state index contributed by atoms with van der Waals surface area (Å²) in [6.45, 7) is 20.3. The minimum absolute atomic E-state index is 0.0986. The summed E-state index contributed by atoms with van der Waals surface area (Å²) < 4.78 is 12.2. The Labute approximate surface area is 127 Å². The summed E-state index contributed by atoms with van der Waals surface area (Å²) in [4.78, 5) is 0. The Morgan fingerprint density at radius 1 is 1.05 bits per heavy atom. The van der Waals surface area contributed by atoms with Crippen LogP contribution in [0.2, 0.25) is 26.0 Å². The Balaban J connectivity index is 2.75. The highest BCUT2D eigenvalue weighted by atomic mass is 28.3. The van der Waals surface area contributed by atoms with E-state index < -0.39 is 8.07 Å². The van der Waals surface area contributed by atoms with Gasteiger partial charge in [-0.1, -0.05) is 44.8 Å². The highest BCUT2D eigenvalue weighted by Gasteiger charge is 2.50. The third-order valence-electron chi connectivity index (χ3n) is 4.45. The largest absolute Gasteiger partial charge is 0.461 e. The molecule has 0 bridgehead atoms.